The lowest BCUT2D eigenvalue weighted by atomic mass is 9.76. The topological polar surface area (TPSA) is 29.1 Å². The van der Waals surface area contributed by atoms with E-state index in [-0.39, 0.29) is 11.9 Å². The molecule has 0 spiro atoms. The number of fused-ring (bicyclic) bond motifs is 1. The average Bonchev–Trinajstić information content (AvgIpc) is 2.74. The summed E-state index contributed by atoms with van der Waals surface area (Å²) in [5.41, 5.74) is 5.39. The van der Waals surface area contributed by atoms with Crippen LogP contribution >= 0.6 is 0 Å². The Morgan fingerprint density at radius 3 is 2.32 bits per heavy atom. The standard InChI is InChI=1S/C26H27NO/c28-26(17-9-12-20-10-3-1-4-11-20)27-23-18-22-15-7-8-16-24(22)25(19-23)21-13-5-2-6-14-21/h1-8,10-11,13-16,23,25H,9,12,17-19H2,(H,27,28)/t23-,25-/m1/s1. The lowest BCUT2D eigenvalue weighted by Crippen LogP contribution is -2.40. The maximum atomic E-state index is 12.5. The van der Waals surface area contributed by atoms with Gasteiger partial charge in [-0.1, -0.05) is 84.9 Å². The molecule has 1 amide bonds. The highest BCUT2D eigenvalue weighted by atomic mass is 16.1. The molecule has 4 rings (SSSR count). The van der Waals surface area contributed by atoms with Gasteiger partial charge in [0, 0.05) is 18.4 Å². The normalized spacial score (nSPS) is 18.3. The summed E-state index contributed by atoms with van der Waals surface area (Å²) in [6, 6.07) is 29.9. The quantitative estimate of drug-likeness (QED) is 0.630. The van der Waals surface area contributed by atoms with Crippen molar-refractivity contribution in [3.8, 4) is 0 Å². The summed E-state index contributed by atoms with van der Waals surface area (Å²) < 4.78 is 0. The minimum Gasteiger partial charge on any atom is -0.353 e. The van der Waals surface area contributed by atoms with Gasteiger partial charge in [-0.2, -0.15) is 0 Å². The van der Waals surface area contributed by atoms with Crippen molar-refractivity contribution >= 4 is 5.91 Å². The number of rotatable bonds is 6. The van der Waals surface area contributed by atoms with Gasteiger partial charge >= 0.3 is 0 Å². The molecular weight excluding hydrogens is 342 g/mol. The molecule has 0 unspecified atom stereocenters. The van der Waals surface area contributed by atoms with E-state index >= 15 is 0 Å². The molecule has 1 aliphatic carbocycles. The Morgan fingerprint density at radius 2 is 1.54 bits per heavy atom. The Balaban J connectivity index is 1.39. The van der Waals surface area contributed by atoms with E-state index in [2.05, 4.69) is 84.2 Å². The van der Waals surface area contributed by atoms with Crippen molar-refractivity contribution in [3.63, 3.8) is 0 Å². The first-order chi connectivity index (χ1) is 13.8. The summed E-state index contributed by atoms with van der Waals surface area (Å²) in [5, 5.41) is 3.31. The minimum absolute atomic E-state index is 0.173. The van der Waals surface area contributed by atoms with E-state index in [0.29, 0.717) is 12.3 Å². The first-order valence-corrected chi connectivity index (χ1v) is 10.3. The van der Waals surface area contributed by atoms with Crippen molar-refractivity contribution in [1.29, 1.82) is 0 Å². The van der Waals surface area contributed by atoms with Crippen molar-refractivity contribution in [3.05, 3.63) is 107 Å². The fraction of sp³-hybridized carbons (Fsp3) is 0.269. The number of aryl methyl sites for hydroxylation is 1. The average molecular weight is 370 g/mol. The zero-order chi connectivity index (χ0) is 19.2. The van der Waals surface area contributed by atoms with Gasteiger partial charge in [0.1, 0.15) is 0 Å². The van der Waals surface area contributed by atoms with Crippen molar-refractivity contribution in [2.75, 3.05) is 0 Å². The first-order valence-electron chi connectivity index (χ1n) is 10.3. The molecule has 0 bridgehead atoms. The van der Waals surface area contributed by atoms with Gasteiger partial charge in [0.15, 0.2) is 0 Å². The summed E-state index contributed by atoms with van der Waals surface area (Å²) in [4.78, 5) is 12.5. The summed E-state index contributed by atoms with van der Waals surface area (Å²) in [6.07, 6.45) is 4.31. The molecule has 0 saturated heterocycles. The van der Waals surface area contributed by atoms with Gasteiger partial charge in [0.25, 0.3) is 0 Å². The summed E-state index contributed by atoms with van der Waals surface area (Å²) in [6.45, 7) is 0. The van der Waals surface area contributed by atoms with Crippen LogP contribution in [-0.2, 0) is 17.6 Å². The van der Waals surface area contributed by atoms with Crippen LogP contribution in [0.5, 0.6) is 0 Å². The van der Waals surface area contributed by atoms with E-state index in [1.54, 1.807) is 0 Å². The first kappa shape index (κ1) is 18.5. The number of carbonyl (C=O) groups is 1. The van der Waals surface area contributed by atoms with Crippen molar-refractivity contribution in [2.45, 2.75) is 44.1 Å². The van der Waals surface area contributed by atoms with E-state index < -0.39 is 0 Å². The van der Waals surface area contributed by atoms with E-state index in [1.807, 2.05) is 6.07 Å². The number of nitrogens with one attached hydrogen (secondary N) is 1. The highest BCUT2D eigenvalue weighted by Crippen LogP contribution is 2.36. The fourth-order valence-electron chi connectivity index (χ4n) is 4.33. The molecule has 142 valence electrons. The lowest BCUT2D eigenvalue weighted by Gasteiger charge is -2.32. The molecule has 2 atom stereocenters. The zero-order valence-electron chi connectivity index (χ0n) is 16.2. The fourth-order valence-corrected chi connectivity index (χ4v) is 4.33. The Labute approximate surface area is 167 Å². The van der Waals surface area contributed by atoms with E-state index in [0.717, 1.165) is 25.7 Å². The number of benzene rings is 3. The third-order valence-electron chi connectivity index (χ3n) is 5.70. The van der Waals surface area contributed by atoms with Crippen LogP contribution in [0.15, 0.2) is 84.9 Å². The molecule has 1 N–H and O–H groups in total. The third kappa shape index (κ3) is 4.51. The zero-order valence-corrected chi connectivity index (χ0v) is 16.2. The second kappa shape index (κ2) is 8.88. The van der Waals surface area contributed by atoms with Crippen LogP contribution in [0.25, 0.3) is 0 Å². The van der Waals surface area contributed by atoms with Crippen LogP contribution in [0.4, 0.5) is 0 Å². The Hall–Kier alpha value is -2.87. The number of hydrogen-bond donors (Lipinski definition) is 1. The maximum Gasteiger partial charge on any atom is 0.220 e. The van der Waals surface area contributed by atoms with Crippen LogP contribution in [0.2, 0.25) is 0 Å². The molecule has 0 aromatic heterocycles. The number of amides is 1. The monoisotopic (exact) mass is 369 g/mol. The number of carbonyl (C=O) groups excluding carboxylic acids is 1. The predicted molar refractivity (Wildman–Crippen MR) is 114 cm³/mol. The van der Waals surface area contributed by atoms with Crippen LogP contribution < -0.4 is 5.32 Å². The third-order valence-corrected chi connectivity index (χ3v) is 5.70. The molecule has 2 heteroatoms. The molecule has 1 aliphatic rings. The largest absolute Gasteiger partial charge is 0.353 e. The van der Waals surface area contributed by atoms with Crippen LogP contribution in [0, 0.1) is 0 Å². The number of hydrogen-bond acceptors (Lipinski definition) is 1. The molecule has 0 fully saturated rings. The van der Waals surface area contributed by atoms with Gasteiger partial charge < -0.3 is 5.32 Å². The Bertz CT molecular complexity index is 904. The summed E-state index contributed by atoms with van der Waals surface area (Å²) >= 11 is 0. The van der Waals surface area contributed by atoms with Gasteiger partial charge in [-0.15, -0.1) is 0 Å². The molecule has 3 aromatic carbocycles. The molecule has 0 aliphatic heterocycles. The smallest absolute Gasteiger partial charge is 0.220 e. The second-order valence-corrected chi connectivity index (χ2v) is 7.71. The molecule has 0 radical (unpaired) electrons. The van der Waals surface area contributed by atoms with Gasteiger partial charge in [-0.3, -0.25) is 4.79 Å². The van der Waals surface area contributed by atoms with Crippen molar-refractivity contribution < 1.29 is 4.79 Å². The molecule has 3 aromatic rings. The van der Waals surface area contributed by atoms with Gasteiger partial charge in [0.05, 0.1) is 0 Å². The highest BCUT2D eigenvalue weighted by molar-refractivity contribution is 5.76. The van der Waals surface area contributed by atoms with E-state index in [9.17, 15) is 4.79 Å². The second-order valence-electron chi connectivity index (χ2n) is 7.71. The lowest BCUT2D eigenvalue weighted by molar-refractivity contribution is -0.122. The van der Waals surface area contributed by atoms with Crippen molar-refractivity contribution in [1.82, 2.24) is 5.32 Å². The van der Waals surface area contributed by atoms with Gasteiger partial charge in [-0.25, -0.2) is 0 Å². The summed E-state index contributed by atoms with van der Waals surface area (Å²) in [5.74, 6) is 0.521. The van der Waals surface area contributed by atoms with Crippen LogP contribution in [0.3, 0.4) is 0 Å². The molecular formula is C26H27NO. The Kier molecular flexibility index (Phi) is 5.86. The van der Waals surface area contributed by atoms with Crippen LogP contribution in [0.1, 0.15) is 47.4 Å². The summed E-state index contributed by atoms with van der Waals surface area (Å²) in [7, 11) is 0. The van der Waals surface area contributed by atoms with E-state index in [1.165, 1.54) is 22.3 Å². The maximum absolute atomic E-state index is 12.5. The minimum atomic E-state index is 0.173. The molecule has 0 heterocycles. The van der Waals surface area contributed by atoms with Crippen molar-refractivity contribution in [2.24, 2.45) is 0 Å². The molecule has 28 heavy (non-hydrogen) atoms. The highest BCUT2D eigenvalue weighted by Gasteiger charge is 2.28. The van der Waals surface area contributed by atoms with Gasteiger partial charge in [-0.05, 0) is 47.9 Å². The Morgan fingerprint density at radius 1 is 0.857 bits per heavy atom. The van der Waals surface area contributed by atoms with Crippen LogP contribution in [-0.4, -0.2) is 11.9 Å². The van der Waals surface area contributed by atoms with E-state index in [4.69, 9.17) is 0 Å². The molecule has 2 nitrogen and oxygen atoms in total. The predicted octanol–water partition coefficient (Wildman–Crippen LogP) is 5.27. The molecule has 0 saturated carbocycles. The van der Waals surface area contributed by atoms with Gasteiger partial charge in [0.2, 0.25) is 5.91 Å². The SMILES string of the molecule is O=C(CCCc1ccccc1)N[C@@H]1Cc2ccccc2[C@@H](c2ccccc2)C1.